The van der Waals surface area contributed by atoms with Gasteiger partial charge < -0.3 is 4.74 Å². The van der Waals surface area contributed by atoms with Crippen molar-refractivity contribution in [1.82, 2.24) is 0 Å². The molecule has 0 saturated carbocycles. The Balaban J connectivity index is 2.61. The Labute approximate surface area is 95.8 Å². The molecule has 1 nitrogen and oxygen atoms in total. The highest BCUT2D eigenvalue weighted by molar-refractivity contribution is 9.11. The monoisotopic (exact) mass is 270 g/mol. The first kappa shape index (κ1) is 9.99. The molecule has 0 amide bonds. The van der Waals surface area contributed by atoms with Crippen molar-refractivity contribution in [2.24, 2.45) is 0 Å². The Morgan fingerprint density at radius 2 is 2.21 bits per heavy atom. The Morgan fingerprint density at radius 3 is 2.93 bits per heavy atom. The minimum Gasteiger partial charge on any atom is -0.494 e. The second-order valence-electron chi connectivity index (χ2n) is 3.09. The minimum absolute atomic E-state index is 0.721. The van der Waals surface area contributed by atoms with Gasteiger partial charge in [0, 0.05) is 10.3 Å². The lowest BCUT2D eigenvalue weighted by Gasteiger charge is -2.06. The van der Waals surface area contributed by atoms with E-state index in [1.165, 1.54) is 19.4 Å². The van der Waals surface area contributed by atoms with E-state index < -0.39 is 0 Å². The fourth-order valence-corrected chi connectivity index (χ4v) is 3.12. The van der Waals surface area contributed by atoms with Crippen molar-refractivity contribution in [3.05, 3.63) is 27.5 Å². The molecule has 0 N–H and O–H groups in total. The van der Waals surface area contributed by atoms with E-state index in [2.05, 4.69) is 35.0 Å². The van der Waals surface area contributed by atoms with Crippen LogP contribution in [0.3, 0.4) is 0 Å². The molecule has 1 heterocycles. The zero-order valence-electron chi connectivity index (χ0n) is 8.13. The molecule has 0 aliphatic carbocycles. The van der Waals surface area contributed by atoms with Crippen LogP contribution in [0.1, 0.15) is 12.5 Å². The standard InChI is InChI=1S/C11H11BrOS/c1-3-13-9-5-4-8-6-10(12)14-11(8)7(9)2/h4-6H,3H2,1-2H3. The van der Waals surface area contributed by atoms with Crippen LogP contribution in [0.25, 0.3) is 10.1 Å². The number of rotatable bonds is 2. The van der Waals surface area contributed by atoms with E-state index in [4.69, 9.17) is 4.74 Å². The molecule has 74 valence electrons. The molecule has 0 atom stereocenters. The quantitative estimate of drug-likeness (QED) is 0.788. The van der Waals surface area contributed by atoms with Gasteiger partial charge in [0.25, 0.3) is 0 Å². The highest BCUT2D eigenvalue weighted by Gasteiger charge is 2.06. The summed E-state index contributed by atoms with van der Waals surface area (Å²) in [7, 11) is 0. The fourth-order valence-electron chi connectivity index (χ4n) is 1.50. The van der Waals surface area contributed by atoms with Gasteiger partial charge in [-0.1, -0.05) is 0 Å². The third kappa shape index (κ3) is 1.66. The van der Waals surface area contributed by atoms with Crippen LogP contribution in [-0.4, -0.2) is 6.61 Å². The molecule has 2 aromatic rings. The minimum atomic E-state index is 0.721. The summed E-state index contributed by atoms with van der Waals surface area (Å²) in [5.74, 6) is 0.995. The predicted molar refractivity (Wildman–Crippen MR) is 65.4 cm³/mol. The molecule has 2 rings (SSSR count). The first-order chi connectivity index (χ1) is 6.72. The summed E-state index contributed by atoms with van der Waals surface area (Å²) >= 11 is 5.26. The Morgan fingerprint density at radius 1 is 1.43 bits per heavy atom. The van der Waals surface area contributed by atoms with Crippen molar-refractivity contribution >= 4 is 37.4 Å². The van der Waals surface area contributed by atoms with Gasteiger partial charge in [0.1, 0.15) is 5.75 Å². The van der Waals surface area contributed by atoms with Gasteiger partial charge >= 0.3 is 0 Å². The predicted octanol–water partition coefficient (Wildman–Crippen LogP) is 4.37. The maximum atomic E-state index is 5.55. The number of halogens is 1. The summed E-state index contributed by atoms with van der Waals surface area (Å²) in [6, 6.07) is 6.29. The van der Waals surface area contributed by atoms with Crippen LogP contribution in [0, 0.1) is 6.92 Å². The fraction of sp³-hybridized carbons (Fsp3) is 0.273. The van der Waals surface area contributed by atoms with Crippen molar-refractivity contribution in [2.75, 3.05) is 6.61 Å². The molecule has 0 spiro atoms. The van der Waals surface area contributed by atoms with E-state index in [1.807, 2.05) is 13.0 Å². The van der Waals surface area contributed by atoms with E-state index in [-0.39, 0.29) is 0 Å². The molecule has 0 radical (unpaired) electrons. The molecule has 0 fully saturated rings. The summed E-state index contributed by atoms with van der Waals surface area (Å²) in [6.45, 7) is 4.84. The molecular weight excluding hydrogens is 260 g/mol. The first-order valence-corrected chi connectivity index (χ1v) is 6.14. The maximum absolute atomic E-state index is 5.55. The highest BCUT2D eigenvalue weighted by Crippen LogP contribution is 2.35. The average molecular weight is 271 g/mol. The molecule has 0 bridgehead atoms. The second kappa shape index (κ2) is 3.91. The Bertz CT molecular complexity index is 462. The maximum Gasteiger partial charge on any atom is 0.123 e. The summed E-state index contributed by atoms with van der Waals surface area (Å²) < 4.78 is 8.02. The van der Waals surface area contributed by atoms with E-state index in [1.54, 1.807) is 11.3 Å². The zero-order valence-corrected chi connectivity index (χ0v) is 10.5. The normalized spacial score (nSPS) is 10.8. The SMILES string of the molecule is CCOc1ccc2cc(Br)sc2c1C. The highest BCUT2D eigenvalue weighted by atomic mass is 79.9. The lowest BCUT2D eigenvalue weighted by molar-refractivity contribution is 0.338. The van der Waals surface area contributed by atoms with Crippen LogP contribution in [-0.2, 0) is 0 Å². The number of thiophene rings is 1. The molecule has 0 saturated heterocycles. The summed E-state index contributed by atoms with van der Waals surface area (Å²) in [5, 5.41) is 1.28. The zero-order chi connectivity index (χ0) is 10.1. The number of hydrogen-bond acceptors (Lipinski definition) is 2. The Kier molecular flexibility index (Phi) is 2.79. The van der Waals surface area contributed by atoms with Crippen LogP contribution in [0.4, 0.5) is 0 Å². The summed E-state index contributed by atoms with van der Waals surface area (Å²) in [6.07, 6.45) is 0. The number of benzene rings is 1. The van der Waals surface area contributed by atoms with E-state index in [0.29, 0.717) is 0 Å². The van der Waals surface area contributed by atoms with E-state index in [0.717, 1.165) is 12.4 Å². The number of hydrogen-bond donors (Lipinski definition) is 0. The van der Waals surface area contributed by atoms with Crippen LogP contribution >= 0.6 is 27.3 Å². The van der Waals surface area contributed by atoms with Crippen molar-refractivity contribution in [1.29, 1.82) is 0 Å². The molecule has 0 aliphatic rings. The van der Waals surface area contributed by atoms with Gasteiger partial charge in [0.15, 0.2) is 0 Å². The molecule has 1 aromatic heterocycles. The smallest absolute Gasteiger partial charge is 0.123 e. The van der Waals surface area contributed by atoms with Crippen molar-refractivity contribution in [3.63, 3.8) is 0 Å². The van der Waals surface area contributed by atoms with Crippen LogP contribution in [0.2, 0.25) is 0 Å². The molecular formula is C11H11BrOS. The second-order valence-corrected chi connectivity index (χ2v) is 5.52. The largest absolute Gasteiger partial charge is 0.494 e. The van der Waals surface area contributed by atoms with Gasteiger partial charge in [-0.3, -0.25) is 0 Å². The van der Waals surface area contributed by atoms with Crippen molar-refractivity contribution in [3.8, 4) is 5.75 Å². The lowest BCUT2D eigenvalue weighted by Crippen LogP contribution is -1.93. The average Bonchev–Trinajstić information content (AvgIpc) is 2.52. The lowest BCUT2D eigenvalue weighted by atomic mass is 10.2. The van der Waals surface area contributed by atoms with Crippen LogP contribution < -0.4 is 4.74 Å². The molecule has 0 unspecified atom stereocenters. The van der Waals surface area contributed by atoms with Crippen LogP contribution in [0.15, 0.2) is 22.0 Å². The number of aryl methyl sites for hydroxylation is 1. The topological polar surface area (TPSA) is 9.23 Å². The van der Waals surface area contributed by atoms with Gasteiger partial charge in [-0.2, -0.15) is 0 Å². The molecule has 1 aromatic carbocycles. The number of fused-ring (bicyclic) bond motifs is 1. The first-order valence-electron chi connectivity index (χ1n) is 4.54. The molecule has 3 heteroatoms. The van der Waals surface area contributed by atoms with E-state index >= 15 is 0 Å². The summed E-state index contributed by atoms with van der Waals surface area (Å²) in [5.41, 5.74) is 1.24. The van der Waals surface area contributed by atoms with Gasteiger partial charge in [0.05, 0.1) is 10.4 Å². The molecule has 14 heavy (non-hydrogen) atoms. The Hall–Kier alpha value is -0.540. The van der Waals surface area contributed by atoms with Gasteiger partial charge in [-0.25, -0.2) is 0 Å². The van der Waals surface area contributed by atoms with Crippen LogP contribution in [0.5, 0.6) is 5.75 Å². The summed E-state index contributed by atoms with van der Waals surface area (Å²) in [4.78, 5) is 0. The number of ether oxygens (including phenoxy) is 1. The van der Waals surface area contributed by atoms with Crippen molar-refractivity contribution < 1.29 is 4.74 Å². The van der Waals surface area contributed by atoms with Crippen molar-refractivity contribution in [2.45, 2.75) is 13.8 Å². The third-order valence-electron chi connectivity index (χ3n) is 2.16. The molecule has 0 aliphatic heterocycles. The van der Waals surface area contributed by atoms with Gasteiger partial charge in [-0.05, 0) is 53.4 Å². The van der Waals surface area contributed by atoms with Gasteiger partial charge in [-0.15, -0.1) is 11.3 Å². The van der Waals surface area contributed by atoms with E-state index in [9.17, 15) is 0 Å². The van der Waals surface area contributed by atoms with Gasteiger partial charge in [0.2, 0.25) is 0 Å². The third-order valence-corrected chi connectivity index (χ3v) is 3.93.